The van der Waals surface area contributed by atoms with Gasteiger partial charge in [0, 0.05) is 23.1 Å². The van der Waals surface area contributed by atoms with Crippen molar-refractivity contribution in [2.75, 3.05) is 0 Å². The summed E-state index contributed by atoms with van der Waals surface area (Å²) in [4.78, 5) is 21.6. The number of hydrogen-bond acceptors (Lipinski definition) is 4. The van der Waals surface area contributed by atoms with E-state index in [4.69, 9.17) is 10.2 Å². The standard InChI is InChI=1S/C21H15N3O4/c1-13-2-11-18-19(12-13)23(16-7-5-15(6-8-16)21(25)26)22-20(18)14-3-9-17(10-4-14)24(27)28/h2-12H,1H3,(H,25,26). The number of carbonyl (C=O) groups is 1. The van der Waals surface area contributed by atoms with Crippen LogP contribution in [0.15, 0.2) is 66.7 Å². The smallest absolute Gasteiger partial charge is 0.335 e. The maximum atomic E-state index is 11.1. The molecule has 0 spiro atoms. The van der Waals surface area contributed by atoms with Crippen LogP contribution in [0.3, 0.4) is 0 Å². The Kier molecular flexibility index (Phi) is 4.12. The van der Waals surface area contributed by atoms with Gasteiger partial charge in [0.05, 0.1) is 21.7 Å². The molecule has 0 radical (unpaired) electrons. The number of benzene rings is 3. The van der Waals surface area contributed by atoms with Crippen LogP contribution in [0.5, 0.6) is 0 Å². The maximum absolute atomic E-state index is 11.1. The monoisotopic (exact) mass is 373 g/mol. The molecular weight excluding hydrogens is 358 g/mol. The number of nitro benzene ring substituents is 1. The van der Waals surface area contributed by atoms with Crippen molar-refractivity contribution < 1.29 is 14.8 Å². The van der Waals surface area contributed by atoms with Gasteiger partial charge >= 0.3 is 5.97 Å². The zero-order valence-electron chi connectivity index (χ0n) is 14.9. The molecule has 0 fully saturated rings. The molecule has 0 saturated carbocycles. The lowest BCUT2D eigenvalue weighted by Crippen LogP contribution is -2.00. The average molecular weight is 373 g/mol. The molecule has 7 heteroatoms. The van der Waals surface area contributed by atoms with E-state index in [0.29, 0.717) is 5.69 Å². The fourth-order valence-corrected chi connectivity index (χ4v) is 3.12. The third-order valence-electron chi connectivity index (χ3n) is 4.55. The third-order valence-corrected chi connectivity index (χ3v) is 4.55. The summed E-state index contributed by atoms with van der Waals surface area (Å²) in [6, 6.07) is 18.7. The summed E-state index contributed by atoms with van der Waals surface area (Å²) in [6.07, 6.45) is 0. The molecule has 28 heavy (non-hydrogen) atoms. The average Bonchev–Trinajstić information content (AvgIpc) is 3.06. The minimum absolute atomic E-state index is 0.0209. The van der Waals surface area contributed by atoms with Gasteiger partial charge in [-0.25, -0.2) is 9.48 Å². The van der Waals surface area contributed by atoms with Gasteiger partial charge < -0.3 is 5.11 Å². The van der Waals surface area contributed by atoms with Crippen molar-refractivity contribution in [3.05, 3.63) is 88.0 Å². The van der Waals surface area contributed by atoms with Crippen molar-refractivity contribution in [2.24, 2.45) is 0 Å². The van der Waals surface area contributed by atoms with Crippen molar-refractivity contribution in [2.45, 2.75) is 6.92 Å². The molecule has 0 aliphatic rings. The Morgan fingerprint density at radius 3 is 2.32 bits per heavy atom. The molecular formula is C21H15N3O4. The number of carboxylic acid groups (broad SMARTS) is 1. The Morgan fingerprint density at radius 2 is 1.71 bits per heavy atom. The summed E-state index contributed by atoms with van der Waals surface area (Å²) in [5.41, 5.74) is 4.35. The quantitative estimate of drug-likeness (QED) is 0.416. The van der Waals surface area contributed by atoms with Gasteiger partial charge in [-0.15, -0.1) is 0 Å². The first kappa shape index (κ1) is 17.4. The van der Waals surface area contributed by atoms with Crippen molar-refractivity contribution in [1.82, 2.24) is 9.78 Å². The summed E-state index contributed by atoms with van der Waals surface area (Å²) in [5, 5.41) is 25.6. The third kappa shape index (κ3) is 2.99. The number of carboxylic acids is 1. The highest BCUT2D eigenvalue weighted by atomic mass is 16.6. The van der Waals surface area contributed by atoms with E-state index in [1.807, 2.05) is 25.1 Å². The van der Waals surface area contributed by atoms with Crippen LogP contribution >= 0.6 is 0 Å². The molecule has 7 nitrogen and oxygen atoms in total. The summed E-state index contributed by atoms with van der Waals surface area (Å²) < 4.78 is 1.75. The second-order valence-corrected chi connectivity index (χ2v) is 6.44. The van der Waals surface area contributed by atoms with Crippen LogP contribution in [0, 0.1) is 17.0 Å². The highest BCUT2D eigenvalue weighted by Crippen LogP contribution is 2.31. The molecule has 0 saturated heterocycles. The van der Waals surface area contributed by atoms with Crippen molar-refractivity contribution >= 4 is 22.6 Å². The van der Waals surface area contributed by atoms with Crippen LogP contribution in [0.25, 0.3) is 27.8 Å². The number of nitrogens with zero attached hydrogens (tertiary/aromatic N) is 3. The predicted molar refractivity (Wildman–Crippen MR) is 105 cm³/mol. The first-order chi connectivity index (χ1) is 13.4. The van der Waals surface area contributed by atoms with Gasteiger partial charge in [0.1, 0.15) is 5.69 Å². The van der Waals surface area contributed by atoms with Crippen LogP contribution < -0.4 is 0 Å². The van der Waals surface area contributed by atoms with E-state index in [1.165, 1.54) is 24.3 Å². The molecule has 0 atom stereocenters. The van der Waals surface area contributed by atoms with Crippen molar-refractivity contribution in [3.8, 4) is 16.9 Å². The number of aromatic nitrogens is 2. The zero-order chi connectivity index (χ0) is 19.8. The largest absolute Gasteiger partial charge is 0.478 e. The number of non-ortho nitro benzene ring substituents is 1. The molecule has 0 aliphatic heterocycles. The van der Waals surface area contributed by atoms with Gasteiger partial charge in [-0.05, 0) is 55.0 Å². The highest BCUT2D eigenvalue weighted by Gasteiger charge is 2.15. The molecule has 0 unspecified atom stereocenters. The minimum atomic E-state index is -0.987. The lowest BCUT2D eigenvalue weighted by atomic mass is 10.1. The zero-order valence-corrected chi connectivity index (χ0v) is 14.9. The lowest BCUT2D eigenvalue weighted by Gasteiger charge is -2.04. The van der Waals surface area contributed by atoms with Crippen LogP contribution in [-0.4, -0.2) is 25.8 Å². The van der Waals surface area contributed by atoms with Gasteiger partial charge in [-0.1, -0.05) is 12.1 Å². The Labute approximate surface area is 159 Å². The summed E-state index contributed by atoms with van der Waals surface area (Å²) in [7, 11) is 0. The molecule has 0 bridgehead atoms. The van der Waals surface area contributed by atoms with E-state index in [0.717, 1.165) is 27.7 Å². The van der Waals surface area contributed by atoms with Crippen LogP contribution in [0.2, 0.25) is 0 Å². The fourth-order valence-electron chi connectivity index (χ4n) is 3.12. The number of fused-ring (bicyclic) bond motifs is 1. The molecule has 1 N–H and O–H groups in total. The van der Waals surface area contributed by atoms with Crippen molar-refractivity contribution in [1.29, 1.82) is 0 Å². The van der Waals surface area contributed by atoms with E-state index in [-0.39, 0.29) is 11.3 Å². The highest BCUT2D eigenvalue weighted by molar-refractivity contribution is 5.95. The molecule has 3 aromatic carbocycles. The van der Waals surface area contributed by atoms with Gasteiger partial charge in [0.2, 0.25) is 0 Å². The van der Waals surface area contributed by atoms with E-state index in [1.54, 1.807) is 28.9 Å². The normalized spacial score (nSPS) is 10.9. The predicted octanol–water partition coefficient (Wildman–Crippen LogP) is 4.61. The van der Waals surface area contributed by atoms with Crippen molar-refractivity contribution in [3.63, 3.8) is 0 Å². The Morgan fingerprint density at radius 1 is 1.04 bits per heavy atom. The second kappa shape index (κ2) is 6.62. The maximum Gasteiger partial charge on any atom is 0.335 e. The molecule has 138 valence electrons. The minimum Gasteiger partial charge on any atom is -0.478 e. The molecule has 4 aromatic rings. The van der Waals surface area contributed by atoms with E-state index in [9.17, 15) is 14.9 Å². The van der Waals surface area contributed by atoms with Gasteiger partial charge in [-0.3, -0.25) is 10.1 Å². The fraction of sp³-hybridized carbons (Fsp3) is 0.0476. The molecule has 1 heterocycles. The number of aromatic carboxylic acids is 1. The lowest BCUT2D eigenvalue weighted by molar-refractivity contribution is -0.384. The molecule has 0 amide bonds. The van der Waals surface area contributed by atoms with Gasteiger partial charge in [0.25, 0.3) is 5.69 Å². The SMILES string of the molecule is Cc1ccc2c(-c3ccc([N+](=O)[O-])cc3)nn(-c3ccc(C(=O)O)cc3)c2c1. The van der Waals surface area contributed by atoms with Crippen LogP contribution in [-0.2, 0) is 0 Å². The first-order valence-corrected chi connectivity index (χ1v) is 8.52. The Balaban J connectivity index is 1.89. The Hall–Kier alpha value is -4.00. The van der Waals surface area contributed by atoms with E-state index < -0.39 is 10.9 Å². The number of aryl methyl sites for hydroxylation is 1. The number of nitro groups is 1. The Bertz CT molecular complexity index is 1210. The number of hydrogen-bond donors (Lipinski definition) is 1. The van der Waals surface area contributed by atoms with Gasteiger partial charge in [0.15, 0.2) is 0 Å². The second-order valence-electron chi connectivity index (χ2n) is 6.44. The number of rotatable bonds is 4. The summed E-state index contributed by atoms with van der Waals surface area (Å²) in [5.74, 6) is -0.987. The van der Waals surface area contributed by atoms with E-state index in [2.05, 4.69) is 0 Å². The summed E-state index contributed by atoms with van der Waals surface area (Å²) in [6.45, 7) is 1.98. The summed E-state index contributed by atoms with van der Waals surface area (Å²) >= 11 is 0. The molecule has 4 rings (SSSR count). The van der Waals surface area contributed by atoms with Gasteiger partial charge in [-0.2, -0.15) is 5.10 Å². The first-order valence-electron chi connectivity index (χ1n) is 8.52. The molecule has 1 aromatic heterocycles. The van der Waals surface area contributed by atoms with E-state index >= 15 is 0 Å². The topological polar surface area (TPSA) is 98.3 Å². The molecule has 0 aliphatic carbocycles. The van der Waals surface area contributed by atoms with Crippen LogP contribution in [0.4, 0.5) is 5.69 Å². The van der Waals surface area contributed by atoms with Crippen LogP contribution in [0.1, 0.15) is 15.9 Å².